The van der Waals surface area contributed by atoms with Crippen LogP contribution in [0.5, 0.6) is 0 Å². The number of carbonyl (C=O) groups is 1. The molecule has 30 heavy (non-hydrogen) atoms. The first kappa shape index (κ1) is 21.5. The van der Waals surface area contributed by atoms with Crippen LogP contribution in [0.4, 0.5) is 5.69 Å². The lowest BCUT2D eigenvalue weighted by Gasteiger charge is -2.10. The van der Waals surface area contributed by atoms with Crippen LogP contribution in [0, 0.1) is 0 Å². The molecule has 11 heteroatoms. The number of fused-ring (bicyclic) bond motifs is 1. The van der Waals surface area contributed by atoms with Crippen molar-refractivity contribution >= 4 is 32.6 Å². The molecule has 1 amide bonds. The van der Waals surface area contributed by atoms with Crippen molar-refractivity contribution < 1.29 is 13.2 Å². The van der Waals surface area contributed by atoms with Gasteiger partial charge in [0.05, 0.1) is 5.75 Å². The highest BCUT2D eigenvalue weighted by molar-refractivity contribution is 7.91. The van der Waals surface area contributed by atoms with Gasteiger partial charge in [-0.25, -0.2) is 18.2 Å². The van der Waals surface area contributed by atoms with Crippen molar-refractivity contribution in [3.63, 3.8) is 0 Å². The van der Waals surface area contributed by atoms with Crippen molar-refractivity contribution in [2.75, 3.05) is 11.1 Å². The fraction of sp³-hybridized carbons (Fsp3) is 0.368. The van der Waals surface area contributed by atoms with Crippen LogP contribution >= 0.6 is 0 Å². The van der Waals surface area contributed by atoms with Crippen LogP contribution in [0.1, 0.15) is 18.9 Å². The highest BCUT2D eigenvalue weighted by Gasteiger charge is 2.26. The third kappa shape index (κ3) is 3.67. The van der Waals surface area contributed by atoms with Gasteiger partial charge in [-0.1, -0.05) is 25.1 Å². The highest BCUT2D eigenvalue weighted by Crippen LogP contribution is 2.18. The Kier molecular flexibility index (Phi) is 5.66. The Bertz CT molecular complexity index is 1360. The van der Waals surface area contributed by atoms with Gasteiger partial charge in [-0.15, -0.1) is 0 Å². The number of sulfone groups is 1. The monoisotopic (exact) mass is 433 g/mol. The van der Waals surface area contributed by atoms with Gasteiger partial charge in [-0.05, 0) is 18.1 Å². The maximum absolute atomic E-state index is 12.8. The Labute approximate surface area is 172 Å². The molecule has 2 heterocycles. The number of hydrogen-bond donors (Lipinski definition) is 1. The van der Waals surface area contributed by atoms with E-state index >= 15 is 0 Å². The molecule has 3 aromatic rings. The maximum Gasteiger partial charge on any atom is 0.332 e. The maximum atomic E-state index is 12.8. The largest absolute Gasteiger partial charge is 0.332 e. The smallest absolute Gasteiger partial charge is 0.326 e. The first-order chi connectivity index (χ1) is 14.1. The van der Waals surface area contributed by atoms with Gasteiger partial charge in [0.2, 0.25) is 20.9 Å². The summed E-state index contributed by atoms with van der Waals surface area (Å²) in [6.45, 7) is 1.96. The van der Waals surface area contributed by atoms with Gasteiger partial charge < -0.3 is 9.88 Å². The molecule has 1 aromatic carbocycles. The number of hydrogen-bond acceptors (Lipinski definition) is 6. The zero-order valence-corrected chi connectivity index (χ0v) is 18.0. The topological polar surface area (TPSA) is 125 Å². The second kappa shape index (κ2) is 7.90. The molecule has 0 aliphatic carbocycles. The molecular formula is C19H23N5O5S. The van der Waals surface area contributed by atoms with E-state index in [0.29, 0.717) is 5.69 Å². The number of benzene rings is 1. The SMILES string of the molecule is CCc1ccccc1NC(=O)CCS(=O)(=O)c1nc2c(=O)n(C)c(=O)n(C)c2n1C. The molecule has 0 fully saturated rings. The zero-order chi connectivity index (χ0) is 22.2. The Hall–Kier alpha value is -3.21. The molecule has 0 aliphatic rings. The molecule has 0 spiro atoms. The summed E-state index contributed by atoms with van der Waals surface area (Å²) in [6.07, 6.45) is 0.447. The number of rotatable bonds is 6. The number of carbonyl (C=O) groups excluding carboxylic acids is 1. The number of para-hydroxylation sites is 1. The molecule has 10 nitrogen and oxygen atoms in total. The van der Waals surface area contributed by atoms with Crippen LogP contribution in [-0.4, -0.2) is 38.8 Å². The molecule has 0 unspecified atom stereocenters. The van der Waals surface area contributed by atoms with Crippen molar-refractivity contribution in [2.45, 2.75) is 24.9 Å². The second-order valence-electron chi connectivity index (χ2n) is 6.96. The van der Waals surface area contributed by atoms with Crippen molar-refractivity contribution in [3.05, 3.63) is 50.7 Å². The number of amides is 1. The van der Waals surface area contributed by atoms with Crippen molar-refractivity contribution in [3.8, 4) is 0 Å². The van der Waals surface area contributed by atoms with Gasteiger partial charge in [0.15, 0.2) is 11.2 Å². The average Bonchev–Trinajstić information content (AvgIpc) is 3.08. The van der Waals surface area contributed by atoms with E-state index in [-0.39, 0.29) is 22.7 Å². The Morgan fingerprint density at radius 1 is 1.07 bits per heavy atom. The molecule has 2 aromatic heterocycles. The summed E-state index contributed by atoms with van der Waals surface area (Å²) in [4.78, 5) is 40.8. The molecule has 0 saturated carbocycles. The first-order valence-electron chi connectivity index (χ1n) is 9.31. The highest BCUT2D eigenvalue weighted by atomic mass is 32.2. The first-order valence-corrected chi connectivity index (χ1v) is 11.0. The van der Waals surface area contributed by atoms with E-state index in [2.05, 4.69) is 10.3 Å². The van der Waals surface area contributed by atoms with Gasteiger partial charge in [-0.2, -0.15) is 0 Å². The predicted octanol–water partition coefficient (Wildman–Crippen LogP) is 0.336. The quantitative estimate of drug-likeness (QED) is 0.597. The minimum atomic E-state index is -3.99. The van der Waals surface area contributed by atoms with Crippen LogP contribution in [0.15, 0.2) is 39.0 Å². The van der Waals surface area contributed by atoms with Gasteiger partial charge in [0.1, 0.15) is 0 Å². The number of nitrogens with one attached hydrogen (secondary N) is 1. The van der Waals surface area contributed by atoms with Gasteiger partial charge in [0.25, 0.3) is 5.56 Å². The number of aryl methyl sites for hydroxylation is 3. The molecule has 3 rings (SSSR count). The standard InChI is InChI=1S/C19H23N5O5S/c1-5-12-8-6-7-9-13(12)20-14(25)10-11-30(28,29)18-21-15-16(22(18)2)23(3)19(27)24(4)17(15)26/h6-9H,5,10-11H2,1-4H3,(H,20,25). The minimum absolute atomic E-state index is 0.1000. The molecule has 0 radical (unpaired) electrons. The number of anilines is 1. The summed E-state index contributed by atoms with van der Waals surface area (Å²) in [7, 11) is 0.156. The molecule has 0 atom stereocenters. The normalized spacial score (nSPS) is 11.7. The van der Waals surface area contributed by atoms with E-state index in [0.717, 1.165) is 21.1 Å². The van der Waals surface area contributed by atoms with E-state index in [4.69, 9.17) is 0 Å². The van der Waals surface area contributed by atoms with E-state index in [1.165, 1.54) is 25.7 Å². The Morgan fingerprint density at radius 3 is 2.40 bits per heavy atom. The fourth-order valence-electron chi connectivity index (χ4n) is 3.32. The lowest BCUT2D eigenvalue weighted by Crippen LogP contribution is -2.37. The van der Waals surface area contributed by atoms with Crippen LogP contribution in [0.25, 0.3) is 11.2 Å². The average molecular weight is 433 g/mol. The summed E-state index contributed by atoms with van der Waals surface area (Å²) in [6, 6.07) is 7.29. The van der Waals surface area contributed by atoms with Crippen LogP contribution < -0.4 is 16.6 Å². The third-order valence-electron chi connectivity index (χ3n) is 4.97. The van der Waals surface area contributed by atoms with Crippen molar-refractivity contribution in [1.82, 2.24) is 18.7 Å². The lowest BCUT2D eigenvalue weighted by atomic mass is 10.1. The molecule has 1 N–H and O–H groups in total. The van der Waals surface area contributed by atoms with Crippen LogP contribution in [0.2, 0.25) is 0 Å². The summed E-state index contributed by atoms with van der Waals surface area (Å²) in [5.41, 5.74) is 0.293. The Balaban J connectivity index is 1.88. The number of nitrogens with zero attached hydrogens (tertiary/aromatic N) is 4. The Morgan fingerprint density at radius 2 is 1.73 bits per heavy atom. The fourth-order valence-corrected chi connectivity index (χ4v) is 4.69. The predicted molar refractivity (Wildman–Crippen MR) is 112 cm³/mol. The van der Waals surface area contributed by atoms with Gasteiger partial charge in [-0.3, -0.25) is 18.7 Å². The zero-order valence-electron chi connectivity index (χ0n) is 17.2. The molecular weight excluding hydrogens is 410 g/mol. The van der Waals surface area contributed by atoms with Gasteiger partial charge in [0, 0.05) is 33.3 Å². The minimum Gasteiger partial charge on any atom is -0.326 e. The van der Waals surface area contributed by atoms with E-state index in [1.54, 1.807) is 12.1 Å². The number of imidazole rings is 1. The third-order valence-corrected chi connectivity index (χ3v) is 6.63. The second-order valence-corrected chi connectivity index (χ2v) is 8.96. The van der Waals surface area contributed by atoms with Crippen molar-refractivity contribution in [2.24, 2.45) is 21.1 Å². The molecule has 160 valence electrons. The van der Waals surface area contributed by atoms with E-state index in [9.17, 15) is 22.8 Å². The summed E-state index contributed by atoms with van der Waals surface area (Å²) >= 11 is 0. The molecule has 0 saturated heterocycles. The number of aromatic nitrogens is 4. The van der Waals surface area contributed by atoms with Crippen LogP contribution in [-0.2, 0) is 42.2 Å². The van der Waals surface area contributed by atoms with Crippen LogP contribution in [0.3, 0.4) is 0 Å². The van der Waals surface area contributed by atoms with Gasteiger partial charge >= 0.3 is 5.69 Å². The molecule has 0 bridgehead atoms. The van der Waals surface area contributed by atoms with E-state index < -0.39 is 32.7 Å². The summed E-state index contributed by atoms with van der Waals surface area (Å²) < 4.78 is 28.9. The van der Waals surface area contributed by atoms with E-state index in [1.807, 2.05) is 19.1 Å². The summed E-state index contributed by atoms with van der Waals surface area (Å²) in [5, 5.41) is 2.37. The lowest BCUT2D eigenvalue weighted by molar-refractivity contribution is -0.115. The molecule has 0 aliphatic heterocycles. The van der Waals surface area contributed by atoms with Crippen molar-refractivity contribution in [1.29, 1.82) is 0 Å². The summed E-state index contributed by atoms with van der Waals surface area (Å²) in [5.74, 6) is -0.931.